The summed E-state index contributed by atoms with van der Waals surface area (Å²) in [6, 6.07) is 23.0. The van der Waals surface area contributed by atoms with Crippen LogP contribution in [0.25, 0.3) is 10.8 Å². The molecule has 3 unspecified atom stereocenters. The number of ether oxygens (including phenoxy) is 3. The summed E-state index contributed by atoms with van der Waals surface area (Å²) in [5, 5.41) is 12.0. The quantitative estimate of drug-likeness (QED) is 0.501. The Hall–Kier alpha value is -3.36. The van der Waals surface area contributed by atoms with Gasteiger partial charge in [-0.25, -0.2) is 4.79 Å². The van der Waals surface area contributed by atoms with Gasteiger partial charge in [0.2, 0.25) is 5.41 Å². The zero-order valence-corrected chi connectivity index (χ0v) is 15.6. The van der Waals surface area contributed by atoms with Crippen molar-refractivity contribution in [1.29, 1.82) is 5.26 Å². The molecule has 0 spiro atoms. The van der Waals surface area contributed by atoms with Crippen LogP contribution in [-0.4, -0.2) is 26.3 Å². The minimum Gasteiger partial charge on any atom is -0.497 e. The second-order valence-electron chi connectivity index (χ2n) is 6.73. The molecule has 140 valence electrons. The molecular formula is C23H19NO4. The molecule has 1 aliphatic heterocycles. The fourth-order valence-corrected chi connectivity index (χ4v) is 3.67. The summed E-state index contributed by atoms with van der Waals surface area (Å²) >= 11 is 0. The van der Waals surface area contributed by atoms with E-state index >= 15 is 0 Å². The van der Waals surface area contributed by atoms with Crippen molar-refractivity contribution in [2.45, 2.75) is 17.6 Å². The summed E-state index contributed by atoms with van der Waals surface area (Å²) in [6.07, 6.45) is -0.936. The van der Waals surface area contributed by atoms with Crippen LogP contribution >= 0.6 is 0 Å². The first kappa shape index (κ1) is 18.0. The molecule has 1 aliphatic rings. The van der Waals surface area contributed by atoms with Gasteiger partial charge in [-0.2, -0.15) is 5.26 Å². The van der Waals surface area contributed by atoms with Gasteiger partial charge in [0.25, 0.3) is 0 Å². The molecule has 4 rings (SSSR count). The summed E-state index contributed by atoms with van der Waals surface area (Å²) in [5.74, 6) is 0.126. The lowest BCUT2D eigenvalue weighted by atomic mass is 9.76. The maximum atomic E-state index is 12.8. The molecule has 0 aliphatic carbocycles. The van der Waals surface area contributed by atoms with Crippen LogP contribution in [0.15, 0.2) is 66.7 Å². The highest BCUT2D eigenvalue weighted by atomic mass is 16.6. The molecule has 1 heterocycles. The summed E-state index contributed by atoms with van der Waals surface area (Å²) < 4.78 is 16.1. The number of hydrogen-bond acceptors (Lipinski definition) is 5. The number of rotatable bonds is 5. The Kier molecular flexibility index (Phi) is 4.50. The number of hydrogen-bond donors (Lipinski definition) is 0. The third-order valence-corrected chi connectivity index (χ3v) is 5.23. The molecule has 0 radical (unpaired) electrons. The molecule has 3 aromatic carbocycles. The first-order valence-corrected chi connectivity index (χ1v) is 8.92. The van der Waals surface area contributed by atoms with Crippen molar-refractivity contribution in [2.75, 3.05) is 14.2 Å². The van der Waals surface area contributed by atoms with Gasteiger partial charge in [-0.1, -0.05) is 48.5 Å². The van der Waals surface area contributed by atoms with Gasteiger partial charge in [0, 0.05) is 0 Å². The molecule has 28 heavy (non-hydrogen) atoms. The number of carbonyl (C=O) groups excluding carboxylic acids is 1. The van der Waals surface area contributed by atoms with Crippen molar-refractivity contribution in [1.82, 2.24) is 0 Å². The maximum absolute atomic E-state index is 12.8. The van der Waals surface area contributed by atoms with Gasteiger partial charge in [-0.3, -0.25) is 0 Å². The topological polar surface area (TPSA) is 71.9 Å². The number of methoxy groups -OCH3 is 2. The molecule has 0 amide bonds. The second-order valence-corrected chi connectivity index (χ2v) is 6.73. The molecule has 3 atom stereocenters. The van der Waals surface area contributed by atoms with Crippen molar-refractivity contribution < 1.29 is 19.0 Å². The van der Waals surface area contributed by atoms with Crippen LogP contribution in [-0.2, 0) is 19.7 Å². The van der Waals surface area contributed by atoms with Crippen molar-refractivity contribution >= 4 is 16.7 Å². The summed E-state index contributed by atoms with van der Waals surface area (Å²) in [6.45, 7) is 0. The van der Waals surface area contributed by atoms with E-state index in [0.717, 1.165) is 22.1 Å². The first-order chi connectivity index (χ1) is 13.6. The van der Waals surface area contributed by atoms with E-state index < -0.39 is 17.5 Å². The van der Waals surface area contributed by atoms with Crippen LogP contribution in [0.1, 0.15) is 17.2 Å². The zero-order valence-electron chi connectivity index (χ0n) is 15.6. The Balaban J connectivity index is 1.80. The van der Waals surface area contributed by atoms with Crippen LogP contribution in [0.3, 0.4) is 0 Å². The van der Waals surface area contributed by atoms with Gasteiger partial charge in [0.05, 0.1) is 20.3 Å². The smallest absolute Gasteiger partial charge is 0.333 e. The summed E-state index contributed by atoms with van der Waals surface area (Å²) in [5.41, 5.74) is -0.0480. The number of benzene rings is 3. The van der Waals surface area contributed by atoms with Gasteiger partial charge in [-0.05, 0) is 40.1 Å². The molecule has 1 saturated heterocycles. The van der Waals surface area contributed by atoms with E-state index in [2.05, 4.69) is 6.07 Å². The van der Waals surface area contributed by atoms with E-state index in [1.54, 1.807) is 13.2 Å². The Bertz CT molecular complexity index is 1070. The average molecular weight is 373 g/mol. The van der Waals surface area contributed by atoms with Gasteiger partial charge < -0.3 is 14.2 Å². The number of epoxide rings is 1. The molecule has 1 fully saturated rings. The van der Waals surface area contributed by atoms with Crippen molar-refractivity contribution in [3.8, 4) is 11.8 Å². The first-order valence-electron chi connectivity index (χ1n) is 8.92. The molecular weight excluding hydrogens is 354 g/mol. The lowest BCUT2D eigenvalue weighted by Gasteiger charge is -2.23. The summed E-state index contributed by atoms with van der Waals surface area (Å²) in [7, 11) is 2.90. The SMILES string of the molecule is COC(=O)C(C#N)(c1ccc2cc(OC)ccc2c1)C1OC1c1ccccc1. The molecule has 0 bridgehead atoms. The molecule has 5 nitrogen and oxygen atoms in total. The maximum Gasteiger partial charge on any atom is 0.333 e. The van der Waals surface area contributed by atoms with E-state index in [1.807, 2.05) is 60.7 Å². The van der Waals surface area contributed by atoms with Crippen LogP contribution in [0.5, 0.6) is 5.75 Å². The van der Waals surface area contributed by atoms with Gasteiger partial charge in [-0.15, -0.1) is 0 Å². The van der Waals surface area contributed by atoms with E-state index in [9.17, 15) is 10.1 Å². The monoisotopic (exact) mass is 373 g/mol. The Labute approximate surface area is 163 Å². The molecule has 3 aromatic rings. The number of carbonyl (C=O) groups is 1. The fraction of sp³-hybridized carbons (Fsp3) is 0.217. The zero-order chi connectivity index (χ0) is 19.7. The van der Waals surface area contributed by atoms with Gasteiger partial charge in [0.1, 0.15) is 18.0 Å². The standard InChI is InChI=1S/C23H19NO4/c1-26-19-11-9-16-12-18(10-8-17(16)13-19)23(14-24,22(25)27-2)21-20(28-21)15-6-4-3-5-7-15/h3-13,20-21H,1-2H3. The fourth-order valence-electron chi connectivity index (χ4n) is 3.67. The molecule has 0 aromatic heterocycles. The van der Waals surface area contributed by atoms with E-state index in [4.69, 9.17) is 14.2 Å². The van der Waals surface area contributed by atoms with E-state index in [1.165, 1.54) is 7.11 Å². The highest BCUT2D eigenvalue weighted by molar-refractivity contribution is 5.92. The molecule has 0 N–H and O–H groups in total. The largest absolute Gasteiger partial charge is 0.497 e. The van der Waals surface area contributed by atoms with Crippen molar-refractivity contribution in [2.24, 2.45) is 0 Å². The minimum absolute atomic E-state index is 0.327. The Morgan fingerprint density at radius 2 is 1.75 bits per heavy atom. The van der Waals surface area contributed by atoms with Crippen LogP contribution in [0.4, 0.5) is 0 Å². The van der Waals surface area contributed by atoms with E-state index in [0.29, 0.717) is 5.56 Å². The van der Waals surface area contributed by atoms with Gasteiger partial charge in [0.15, 0.2) is 0 Å². The Morgan fingerprint density at radius 3 is 2.43 bits per heavy atom. The normalized spacial score (nSPS) is 20.0. The highest BCUT2D eigenvalue weighted by Crippen LogP contribution is 2.51. The lowest BCUT2D eigenvalue weighted by Crippen LogP contribution is -2.41. The highest BCUT2D eigenvalue weighted by Gasteiger charge is 2.62. The summed E-state index contributed by atoms with van der Waals surface area (Å²) in [4.78, 5) is 12.8. The molecule has 5 heteroatoms. The van der Waals surface area contributed by atoms with Crippen molar-refractivity contribution in [3.05, 3.63) is 77.9 Å². The Morgan fingerprint density at radius 1 is 1.04 bits per heavy atom. The minimum atomic E-state index is -1.54. The van der Waals surface area contributed by atoms with E-state index in [-0.39, 0.29) is 6.10 Å². The van der Waals surface area contributed by atoms with Crippen LogP contribution in [0.2, 0.25) is 0 Å². The predicted octanol–water partition coefficient (Wildman–Crippen LogP) is 3.92. The number of fused-ring (bicyclic) bond motifs is 1. The number of esters is 1. The lowest BCUT2D eigenvalue weighted by molar-refractivity contribution is -0.146. The third kappa shape index (κ3) is 2.79. The number of nitrogens with zero attached hydrogens (tertiary/aromatic N) is 1. The second kappa shape index (κ2) is 6.99. The van der Waals surface area contributed by atoms with Crippen LogP contribution < -0.4 is 4.74 Å². The number of nitriles is 1. The van der Waals surface area contributed by atoms with Crippen molar-refractivity contribution in [3.63, 3.8) is 0 Å². The molecule has 0 saturated carbocycles. The third-order valence-electron chi connectivity index (χ3n) is 5.23. The van der Waals surface area contributed by atoms with Gasteiger partial charge >= 0.3 is 5.97 Å². The van der Waals surface area contributed by atoms with Crippen LogP contribution in [0, 0.1) is 11.3 Å². The predicted molar refractivity (Wildman–Crippen MR) is 104 cm³/mol. The average Bonchev–Trinajstić information content (AvgIpc) is 3.56.